The van der Waals surface area contributed by atoms with Gasteiger partial charge >= 0.3 is 5.97 Å². The van der Waals surface area contributed by atoms with Crippen molar-refractivity contribution in [1.82, 2.24) is 25.3 Å². The number of nitrogens with one attached hydrogen (secondary N) is 3. The van der Waals surface area contributed by atoms with Crippen LogP contribution in [0, 0.1) is 6.92 Å². The van der Waals surface area contributed by atoms with Crippen LogP contribution in [-0.4, -0.2) is 56.9 Å². The van der Waals surface area contributed by atoms with Crippen molar-refractivity contribution in [2.75, 3.05) is 18.5 Å². The molecule has 0 aliphatic carbocycles. The van der Waals surface area contributed by atoms with E-state index in [1.54, 1.807) is 37.7 Å². The number of carbonyl (C=O) groups excluding carboxylic acids is 4. The summed E-state index contributed by atoms with van der Waals surface area (Å²) in [6.07, 6.45) is 0.613. The van der Waals surface area contributed by atoms with Crippen LogP contribution in [0.25, 0.3) is 10.9 Å². The number of para-hydroxylation sites is 1. The van der Waals surface area contributed by atoms with Crippen molar-refractivity contribution in [3.63, 3.8) is 0 Å². The van der Waals surface area contributed by atoms with E-state index in [1.165, 1.54) is 0 Å². The molecule has 12 heteroatoms. The zero-order valence-electron chi connectivity index (χ0n) is 18.9. The predicted octanol–water partition coefficient (Wildman–Crippen LogP) is 1.32. The summed E-state index contributed by atoms with van der Waals surface area (Å²) in [6.45, 7) is 3.15. The first-order valence-electron chi connectivity index (χ1n) is 10.7. The lowest BCUT2D eigenvalue weighted by atomic mass is 9.93. The SMILES string of the molecule is CCOC(=O)c1c(C)n[nH]c1NC(=O)COc1cccc2c(C3CCC(=O)NC3=O)nn(C)c12. The average Bonchev–Trinajstić information content (AvgIpc) is 3.32. The number of fused-ring (bicyclic) bond motifs is 1. The van der Waals surface area contributed by atoms with Crippen molar-refractivity contribution < 1.29 is 28.7 Å². The first-order chi connectivity index (χ1) is 16.3. The molecule has 3 N–H and O–H groups in total. The molecule has 12 nitrogen and oxygen atoms in total. The van der Waals surface area contributed by atoms with E-state index in [1.807, 2.05) is 6.07 Å². The number of ether oxygens (including phenoxy) is 2. The third-order valence-corrected chi connectivity index (χ3v) is 5.48. The summed E-state index contributed by atoms with van der Waals surface area (Å²) in [4.78, 5) is 48.5. The molecule has 1 fully saturated rings. The maximum atomic E-state index is 12.5. The van der Waals surface area contributed by atoms with Crippen LogP contribution in [-0.2, 0) is 26.2 Å². The number of hydrogen-bond donors (Lipinski definition) is 3. The van der Waals surface area contributed by atoms with Gasteiger partial charge in [0.1, 0.15) is 22.6 Å². The molecule has 0 saturated carbocycles. The molecule has 3 heterocycles. The van der Waals surface area contributed by atoms with Crippen LogP contribution in [0.2, 0.25) is 0 Å². The third-order valence-electron chi connectivity index (χ3n) is 5.48. The van der Waals surface area contributed by atoms with Gasteiger partial charge in [-0.2, -0.15) is 10.2 Å². The number of carbonyl (C=O) groups is 4. The standard InChI is InChI=1S/C22H24N6O6/c1-4-33-22(32)17-11(2)25-26-20(17)23-16(30)10-34-14-7-5-6-12-18(27-28(3)19(12)14)13-8-9-15(29)24-21(13)31/h5-7,13H,4,8-10H2,1-3H3,(H,24,29,31)(H2,23,25,26,30). The van der Waals surface area contributed by atoms with Crippen LogP contribution in [0.4, 0.5) is 5.82 Å². The predicted molar refractivity (Wildman–Crippen MR) is 119 cm³/mol. The number of aryl methyl sites for hydroxylation is 2. The van der Waals surface area contributed by atoms with Crippen molar-refractivity contribution in [2.24, 2.45) is 7.05 Å². The van der Waals surface area contributed by atoms with Crippen molar-refractivity contribution in [3.8, 4) is 5.75 Å². The van der Waals surface area contributed by atoms with Gasteiger partial charge in [0.05, 0.1) is 23.9 Å². The summed E-state index contributed by atoms with van der Waals surface area (Å²) >= 11 is 0. The minimum absolute atomic E-state index is 0.128. The van der Waals surface area contributed by atoms with E-state index in [0.717, 1.165) is 0 Å². The van der Waals surface area contributed by atoms with Gasteiger partial charge in [-0.15, -0.1) is 0 Å². The monoisotopic (exact) mass is 468 g/mol. The van der Waals surface area contributed by atoms with Crippen LogP contribution in [0.3, 0.4) is 0 Å². The summed E-state index contributed by atoms with van der Waals surface area (Å²) < 4.78 is 12.3. The molecule has 3 amide bonds. The Balaban J connectivity index is 1.51. The molecule has 2 aromatic heterocycles. The maximum absolute atomic E-state index is 12.5. The van der Waals surface area contributed by atoms with Crippen molar-refractivity contribution in [3.05, 3.63) is 35.2 Å². The Hall–Kier alpha value is -4.22. The number of H-pyrrole nitrogens is 1. The van der Waals surface area contributed by atoms with Gasteiger partial charge in [-0.1, -0.05) is 12.1 Å². The van der Waals surface area contributed by atoms with Crippen molar-refractivity contribution in [2.45, 2.75) is 32.6 Å². The zero-order chi connectivity index (χ0) is 24.4. The number of benzene rings is 1. The maximum Gasteiger partial charge on any atom is 0.343 e. The molecule has 1 aliphatic heterocycles. The van der Waals surface area contributed by atoms with Gasteiger partial charge in [-0.3, -0.25) is 29.5 Å². The van der Waals surface area contributed by atoms with Gasteiger partial charge in [-0.05, 0) is 26.3 Å². The van der Waals surface area contributed by atoms with Crippen molar-refractivity contribution in [1.29, 1.82) is 0 Å². The number of nitrogens with zero attached hydrogens (tertiary/aromatic N) is 3. The Labute approximate surface area is 194 Å². The summed E-state index contributed by atoms with van der Waals surface area (Å²) in [6, 6.07) is 5.24. The number of imide groups is 1. The van der Waals surface area contributed by atoms with Gasteiger partial charge in [0, 0.05) is 18.9 Å². The van der Waals surface area contributed by atoms with E-state index in [4.69, 9.17) is 9.47 Å². The van der Waals surface area contributed by atoms with Gasteiger partial charge in [0.15, 0.2) is 6.61 Å². The van der Waals surface area contributed by atoms with Crippen LogP contribution >= 0.6 is 0 Å². The van der Waals surface area contributed by atoms with Crippen LogP contribution < -0.4 is 15.4 Å². The highest BCUT2D eigenvalue weighted by molar-refractivity contribution is 6.03. The number of anilines is 1. The largest absolute Gasteiger partial charge is 0.481 e. The van der Waals surface area contributed by atoms with E-state index < -0.39 is 17.8 Å². The van der Waals surface area contributed by atoms with Gasteiger partial charge in [-0.25, -0.2) is 4.79 Å². The first-order valence-corrected chi connectivity index (χ1v) is 10.7. The average molecular weight is 468 g/mol. The second-order valence-corrected chi connectivity index (χ2v) is 7.78. The Morgan fingerprint density at radius 3 is 2.82 bits per heavy atom. The van der Waals surface area contributed by atoms with Crippen LogP contribution in [0.15, 0.2) is 18.2 Å². The molecule has 1 aliphatic rings. The second-order valence-electron chi connectivity index (χ2n) is 7.78. The zero-order valence-corrected chi connectivity index (χ0v) is 18.9. The molecular formula is C22H24N6O6. The first kappa shape index (κ1) is 23.0. The lowest BCUT2D eigenvalue weighted by Gasteiger charge is -2.19. The number of amides is 3. The molecule has 1 aromatic carbocycles. The Kier molecular flexibility index (Phi) is 6.30. The molecule has 3 aromatic rings. The molecule has 1 saturated heterocycles. The molecular weight excluding hydrogens is 444 g/mol. The molecule has 0 radical (unpaired) electrons. The number of hydrogen-bond acceptors (Lipinski definition) is 8. The fourth-order valence-electron chi connectivity index (χ4n) is 3.95. The van der Waals surface area contributed by atoms with Crippen LogP contribution in [0.5, 0.6) is 5.75 Å². The Bertz CT molecular complexity index is 1290. The van der Waals surface area contributed by atoms with E-state index in [-0.39, 0.29) is 42.8 Å². The Morgan fingerprint density at radius 1 is 1.29 bits per heavy atom. The molecule has 0 spiro atoms. The van der Waals surface area contributed by atoms with E-state index in [2.05, 4.69) is 25.9 Å². The highest BCUT2D eigenvalue weighted by Gasteiger charge is 2.32. The smallest absolute Gasteiger partial charge is 0.343 e. The van der Waals surface area contributed by atoms with Gasteiger partial charge < -0.3 is 14.8 Å². The fourth-order valence-corrected chi connectivity index (χ4v) is 3.95. The molecule has 0 bridgehead atoms. The minimum Gasteiger partial charge on any atom is -0.481 e. The number of piperidine rings is 1. The lowest BCUT2D eigenvalue weighted by Crippen LogP contribution is -2.39. The van der Waals surface area contributed by atoms with E-state index >= 15 is 0 Å². The highest BCUT2D eigenvalue weighted by atomic mass is 16.5. The highest BCUT2D eigenvalue weighted by Crippen LogP contribution is 2.34. The topological polar surface area (TPSA) is 157 Å². The van der Waals surface area contributed by atoms with Gasteiger partial charge in [0.2, 0.25) is 11.8 Å². The molecule has 1 unspecified atom stereocenters. The van der Waals surface area contributed by atoms with Crippen molar-refractivity contribution >= 4 is 40.4 Å². The number of rotatable bonds is 7. The normalized spacial score (nSPS) is 15.8. The quantitative estimate of drug-likeness (QED) is 0.346. The third kappa shape index (κ3) is 4.34. The summed E-state index contributed by atoms with van der Waals surface area (Å²) in [5, 5.41) is 16.7. The molecule has 1 atom stereocenters. The molecule has 4 rings (SSSR count). The number of esters is 1. The fraction of sp³-hybridized carbons (Fsp3) is 0.364. The van der Waals surface area contributed by atoms with Gasteiger partial charge in [0.25, 0.3) is 5.91 Å². The summed E-state index contributed by atoms with van der Waals surface area (Å²) in [5.41, 5.74) is 1.71. The number of aromatic amines is 1. The second kappa shape index (κ2) is 9.33. The summed E-state index contributed by atoms with van der Waals surface area (Å²) in [5.74, 6) is -1.81. The number of aromatic nitrogens is 4. The summed E-state index contributed by atoms with van der Waals surface area (Å²) in [7, 11) is 1.71. The molecule has 34 heavy (non-hydrogen) atoms. The minimum atomic E-state index is -0.592. The Morgan fingerprint density at radius 2 is 2.09 bits per heavy atom. The van der Waals surface area contributed by atoms with Crippen LogP contribution in [0.1, 0.15) is 47.4 Å². The van der Waals surface area contributed by atoms with E-state index in [0.29, 0.717) is 34.5 Å². The lowest BCUT2D eigenvalue weighted by molar-refractivity contribution is -0.134. The van der Waals surface area contributed by atoms with E-state index in [9.17, 15) is 19.2 Å². The molecule has 178 valence electrons.